The largest absolute Gasteiger partial charge is 0.321 e. The molecule has 0 saturated carbocycles. The number of hydrogen-bond donors (Lipinski definition) is 3. The maximum atomic E-state index is 13.0. The van der Waals surface area contributed by atoms with Gasteiger partial charge in [0.05, 0.1) is 5.75 Å². The number of carbonyl (C=O) groups is 3. The Kier molecular flexibility index (Phi) is 8.61. The number of thioether (sulfide) groups is 1. The van der Waals surface area contributed by atoms with Crippen LogP contribution in [0, 0.1) is 6.92 Å². The zero-order chi connectivity index (χ0) is 25.3. The van der Waals surface area contributed by atoms with E-state index in [2.05, 4.69) is 26.1 Å². The van der Waals surface area contributed by atoms with E-state index >= 15 is 0 Å². The van der Waals surface area contributed by atoms with E-state index in [0.29, 0.717) is 16.4 Å². The highest BCUT2D eigenvalue weighted by molar-refractivity contribution is 8.00. The van der Waals surface area contributed by atoms with Gasteiger partial charge in [0.2, 0.25) is 11.0 Å². The molecule has 11 heteroatoms. The Labute approximate surface area is 219 Å². The second-order valence-corrected chi connectivity index (χ2v) is 10.4. The van der Waals surface area contributed by atoms with Crippen LogP contribution in [0.1, 0.15) is 20.9 Å². The lowest BCUT2D eigenvalue weighted by molar-refractivity contribution is -0.114. The first-order chi connectivity index (χ1) is 17.5. The standard InChI is InChI=1S/C25H21N5O3S3/c1-16-29-30-25(36-16)28-22(31)15-35-20-9-7-19(8-10-20)26-24(33)21(13-17-11-12-34-14-17)27-23(32)18-5-3-2-4-6-18/h2-14H,15H2,1H3,(H,26,33)(H,27,32)(H,28,30,31)/b21-13-. The third kappa shape index (κ3) is 7.35. The van der Waals surface area contributed by atoms with Gasteiger partial charge < -0.3 is 10.6 Å². The topological polar surface area (TPSA) is 113 Å². The summed E-state index contributed by atoms with van der Waals surface area (Å²) in [4.78, 5) is 38.7. The fourth-order valence-corrected chi connectivity index (χ4v) is 4.87. The fourth-order valence-electron chi connectivity index (χ4n) is 2.95. The van der Waals surface area contributed by atoms with Crippen molar-refractivity contribution >= 4 is 69.1 Å². The van der Waals surface area contributed by atoms with Crippen molar-refractivity contribution in [2.24, 2.45) is 0 Å². The SMILES string of the molecule is Cc1nnc(NC(=O)CSc2ccc(NC(=O)/C(=C/c3ccsc3)NC(=O)c3ccccc3)cc2)s1. The van der Waals surface area contributed by atoms with Gasteiger partial charge in [0.1, 0.15) is 10.7 Å². The molecule has 8 nitrogen and oxygen atoms in total. The molecule has 182 valence electrons. The molecule has 0 aliphatic carbocycles. The van der Waals surface area contributed by atoms with Crippen molar-refractivity contribution in [3.63, 3.8) is 0 Å². The third-order valence-electron chi connectivity index (χ3n) is 4.64. The highest BCUT2D eigenvalue weighted by atomic mass is 32.2. The number of benzene rings is 2. The average Bonchev–Trinajstić information content (AvgIpc) is 3.55. The normalized spacial score (nSPS) is 11.1. The molecule has 36 heavy (non-hydrogen) atoms. The van der Waals surface area contributed by atoms with Crippen molar-refractivity contribution < 1.29 is 14.4 Å². The lowest BCUT2D eigenvalue weighted by Crippen LogP contribution is -2.30. The number of carbonyl (C=O) groups excluding carboxylic acids is 3. The molecular weight excluding hydrogens is 515 g/mol. The number of thiophene rings is 1. The van der Waals surface area contributed by atoms with Crippen LogP contribution in [0.25, 0.3) is 6.08 Å². The van der Waals surface area contributed by atoms with Crippen molar-refractivity contribution in [2.45, 2.75) is 11.8 Å². The van der Waals surface area contributed by atoms with Crippen LogP contribution in [0.2, 0.25) is 0 Å². The van der Waals surface area contributed by atoms with Gasteiger partial charge in [-0.15, -0.1) is 22.0 Å². The fraction of sp³-hybridized carbons (Fsp3) is 0.0800. The maximum absolute atomic E-state index is 13.0. The number of aromatic nitrogens is 2. The van der Waals surface area contributed by atoms with Gasteiger partial charge in [-0.25, -0.2) is 0 Å². The van der Waals surface area contributed by atoms with E-state index in [1.54, 1.807) is 42.5 Å². The van der Waals surface area contributed by atoms with Gasteiger partial charge in [0.15, 0.2) is 0 Å². The van der Waals surface area contributed by atoms with Gasteiger partial charge in [0.25, 0.3) is 11.8 Å². The van der Waals surface area contributed by atoms with Crippen LogP contribution in [0.4, 0.5) is 10.8 Å². The van der Waals surface area contributed by atoms with Crippen LogP contribution >= 0.6 is 34.4 Å². The molecule has 0 fully saturated rings. The van der Waals surface area contributed by atoms with Crippen LogP contribution < -0.4 is 16.0 Å². The number of hydrogen-bond acceptors (Lipinski definition) is 8. The lowest BCUT2D eigenvalue weighted by atomic mass is 10.2. The van der Waals surface area contributed by atoms with Crippen molar-refractivity contribution in [1.82, 2.24) is 15.5 Å². The first-order valence-electron chi connectivity index (χ1n) is 10.7. The predicted molar refractivity (Wildman–Crippen MR) is 145 cm³/mol. The molecule has 4 rings (SSSR count). The third-order valence-corrected chi connectivity index (χ3v) is 7.11. The summed E-state index contributed by atoms with van der Waals surface area (Å²) in [5.74, 6) is -0.784. The molecule has 2 aromatic heterocycles. The molecule has 0 unspecified atom stereocenters. The zero-order valence-corrected chi connectivity index (χ0v) is 21.5. The van der Waals surface area contributed by atoms with Crippen molar-refractivity contribution in [1.29, 1.82) is 0 Å². The van der Waals surface area contributed by atoms with E-state index < -0.39 is 5.91 Å². The number of aryl methyl sites for hydroxylation is 1. The summed E-state index contributed by atoms with van der Waals surface area (Å²) < 4.78 is 0. The van der Waals surface area contributed by atoms with Crippen LogP contribution in [0.3, 0.4) is 0 Å². The number of anilines is 2. The molecule has 0 radical (unpaired) electrons. The zero-order valence-electron chi connectivity index (χ0n) is 19.1. The molecule has 0 aliphatic rings. The molecule has 3 N–H and O–H groups in total. The minimum Gasteiger partial charge on any atom is -0.321 e. The van der Waals surface area contributed by atoms with E-state index in [0.717, 1.165) is 15.5 Å². The van der Waals surface area contributed by atoms with Gasteiger partial charge in [-0.05, 0) is 71.8 Å². The van der Waals surface area contributed by atoms with Crippen LogP contribution in [0.15, 0.2) is 82.0 Å². The quantitative estimate of drug-likeness (QED) is 0.204. The highest BCUT2D eigenvalue weighted by Crippen LogP contribution is 2.22. The van der Waals surface area contributed by atoms with E-state index in [9.17, 15) is 14.4 Å². The molecule has 3 amide bonds. The van der Waals surface area contributed by atoms with Gasteiger partial charge in [0, 0.05) is 16.1 Å². The Bertz CT molecular complexity index is 1370. The van der Waals surface area contributed by atoms with Crippen molar-refractivity contribution in [3.8, 4) is 0 Å². The van der Waals surface area contributed by atoms with Crippen molar-refractivity contribution in [2.75, 3.05) is 16.4 Å². The highest BCUT2D eigenvalue weighted by Gasteiger charge is 2.15. The summed E-state index contributed by atoms with van der Waals surface area (Å²) in [6.07, 6.45) is 1.63. The molecular formula is C25H21N5O3S3. The number of nitrogens with one attached hydrogen (secondary N) is 3. The minimum absolute atomic E-state index is 0.129. The first-order valence-corrected chi connectivity index (χ1v) is 13.5. The van der Waals surface area contributed by atoms with Gasteiger partial charge in [-0.1, -0.05) is 29.5 Å². The molecule has 2 heterocycles. The Morgan fingerprint density at radius 1 is 0.972 bits per heavy atom. The molecule has 0 aliphatic heterocycles. The second-order valence-electron chi connectivity index (χ2n) is 7.38. The first kappa shape index (κ1) is 25.3. The summed E-state index contributed by atoms with van der Waals surface area (Å²) in [6.45, 7) is 1.82. The van der Waals surface area contributed by atoms with Crippen LogP contribution in [-0.2, 0) is 9.59 Å². The Morgan fingerprint density at radius 2 is 1.75 bits per heavy atom. The molecule has 0 saturated heterocycles. The molecule has 0 atom stereocenters. The predicted octanol–water partition coefficient (Wildman–Crippen LogP) is 5.05. The number of nitrogens with zero attached hydrogens (tertiary/aromatic N) is 2. The van der Waals surface area contributed by atoms with Gasteiger partial charge in [-0.3, -0.25) is 19.7 Å². The molecule has 4 aromatic rings. The maximum Gasteiger partial charge on any atom is 0.272 e. The summed E-state index contributed by atoms with van der Waals surface area (Å²) >= 11 is 4.17. The molecule has 2 aromatic carbocycles. The molecule has 0 spiro atoms. The Hall–Kier alpha value is -3.80. The summed E-state index contributed by atoms with van der Waals surface area (Å²) in [5.41, 5.74) is 1.95. The van der Waals surface area contributed by atoms with E-state index in [1.165, 1.54) is 34.4 Å². The van der Waals surface area contributed by atoms with Crippen molar-refractivity contribution in [3.05, 3.63) is 93.3 Å². The summed E-state index contributed by atoms with van der Waals surface area (Å²) in [6, 6.07) is 17.7. The van der Waals surface area contributed by atoms with E-state index in [1.807, 2.05) is 41.9 Å². The van der Waals surface area contributed by atoms with Crippen LogP contribution in [0.5, 0.6) is 0 Å². The summed E-state index contributed by atoms with van der Waals surface area (Å²) in [7, 11) is 0. The van der Waals surface area contributed by atoms with Gasteiger partial charge >= 0.3 is 0 Å². The molecule has 0 bridgehead atoms. The van der Waals surface area contributed by atoms with E-state index in [4.69, 9.17) is 0 Å². The Morgan fingerprint density at radius 3 is 2.42 bits per heavy atom. The smallest absolute Gasteiger partial charge is 0.272 e. The average molecular weight is 536 g/mol. The second kappa shape index (κ2) is 12.2. The monoisotopic (exact) mass is 535 g/mol. The number of amides is 3. The summed E-state index contributed by atoms with van der Waals surface area (Å²) in [5, 5.41) is 21.0. The van der Waals surface area contributed by atoms with E-state index in [-0.39, 0.29) is 23.3 Å². The number of rotatable bonds is 9. The van der Waals surface area contributed by atoms with Crippen LogP contribution in [-0.4, -0.2) is 33.7 Å². The minimum atomic E-state index is -0.447. The van der Waals surface area contributed by atoms with Gasteiger partial charge in [-0.2, -0.15) is 11.3 Å². The lowest BCUT2D eigenvalue weighted by Gasteiger charge is -2.11. The Balaban J connectivity index is 1.37.